The van der Waals surface area contributed by atoms with Crippen molar-refractivity contribution in [3.63, 3.8) is 0 Å². The Morgan fingerprint density at radius 3 is 2.79 bits per heavy atom. The Morgan fingerprint density at radius 1 is 1.43 bits per heavy atom. The van der Waals surface area contributed by atoms with E-state index in [1.54, 1.807) is 12.4 Å². The molecule has 0 N–H and O–H groups in total. The number of nitrogens with zero attached hydrogens (tertiary/aromatic N) is 3. The summed E-state index contributed by atoms with van der Waals surface area (Å²) in [5.41, 5.74) is 0. The number of halogens is 1. The number of hydrogen-bond donors (Lipinski definition) is 0. The highest BCUT2D eigenvalue weighted by Crippen LogP contribution is 2.27. The van der Waals surface area contributed by atoms with Crippen molar-refractivity contribution in [3.05, 3.63) is 17.5 Å². The average Bonchev–Trinajstić information content (AvgIpc) is 2.48. The van der Waals surface area contributed by atoms with Gasteiger partial charge in [0.05, 0.1) is 12.4 Å². The van der Waals surface area contributed by atoms with Crippen LogP contribution in [0.3, 0.4) is 0 Å². The van der Waals surface area contributed by atoms with Gasteiger partial charge in [0.15, 0.2) is 0 Å². The summed E-state index contributed by atoms with van der Waals surface area (Å²) >= 11 is 5.81. The Kier molecular flexibility index (Phi) is 2.59. The normalized spacial score (nSPS) is 26.9. The summed E-state index contributed by atoms with van der Waals surface area (Å²) in [5, 5.41) is 0.467. The van der Waals surface area contributed by atoms with Crippen LogP contribution in [-0.2, 0) is 0 Å². The van der Waals surface area contributed by atoms with Gasteiger partial charge in [-0.25, -0.2) is 4.98 Å². The summed E-state index contributed by atoms with van der Waals surface area (Å²) < 4.78 is 0. The van der Waals surface area contributed by atoms with Gasteiger partial charge >= 0.3 is 0 Å². The second kappa shape index (κ2) is 3.73. The molecule has 1 fully saturated rings. The molecule has 4 heteroatoms. The van der Waals surface area contributed by atoms with Crippen LogP contribution in [0.1, 0.15) is 20.3 Å². The molecule has 14 heavy (non-hydrogen) atoms. The minimum Gasteiger partial charge on any atom is -0.352 e. The molecule has 1 saturated heterocycles. The first-order valence-corrected chi connectivity index (χ1v) is 5.30. The molecule has 0 aliphatic carbocycles. The van der Waals surface area contributed by atoms with Gasteiger partial charge in [0.2, 0.25) is 0 Å². The van der Waals surface area contributed by atoms with Gasteiger partial charge in [-0.1, -0.05) is 18.5 Å². The van der Waals surface area contributed by atoms with Gasteiger partial charge in [-0.2, -0.15) is 0 Å². The molecule has 0 spiro atoms. The highest BCUT2D eigenvalue weighted by molar-refractivity contribution is 6.29. The van der Waals surface area contributed by atoms with Gasteiger partial charge < -0.3 is 4.90 Å². The summed E-state index contributed by atoms with van der Waals surface area (Å²) in [4.78, 5) is 10.6. The number of hydrogen-bond acceptors (Lipinski definition) is 3. The summed E-state index contributed by atoms with van der Waals surface area (Å²) in [6.07, 6.45) is 4.56. The van der Waals surface area contributed by atoms with Crippen molar-refractivity contribution < 1.29 is 0 Å². The van der Waals surface area contributed by atoms with Crippen LogP contribution in [0.4, 0.5) is 5.82 Å². The maximum Gasteiger partial charge on any atom is 0.149 e. The zero-order chi connectivity index (χ0) is 10.1. The Morgan fingerprint density at radius 2 is 2.21 bits per heavy atom. The maximum atomic E-state index is 5.81. The standard InChI is InChI=1S/C10H14ClN3/c1-7-3-4-14(8(7)2)10-6-12-5-9(11)13-10/h5-8H,3-4H2,1-2H3. The smallest absolute Gasteiger partial charge is 0.149 e. The van der Waals surface area contributed by atoms with Crippen LogP contribution in [0.5, 0.6) is 0 Å². The molecule has 2 rings (SSSR count). The van der Waals surface area contributed by atoms with E-state index in [0.29, 0.717) is 11.2 Å². The second-order valence-corrected chi connectivity index (χ2v) is 4.29. The molecular weight excluding hydrogens is 198 g/mol. The van der Waals surface area contributed by atoms with Gasteiger partial charge in [-0.3, -0.25) is 4.98 Å². The third kappa shape index (κ3) is 1.69. The van der Waals surface area contributed by atoms with Crippen LogP contribution in [0, 0.1) is 5.92 Å². The fraction of sp³-hybridized carbons (Fsp3) is 0.600. The fourth-order valence-corrected chi connectivity index (χ4v) is 2.03. The molecule has 1 aromatic heterocycles. The minimum atomic E-state index is 0.467. The molecule has 0 amide bonds. The lowest BCUT2D eigenvalue weighted by atomic mass is 10.1. The van der Waals surface area contributed by atoms with E-state index in [1.165, 1.54) is 6.42 Å². The zero-order valence-electron chi connectivity index (χ0n) is 8.44. The van der Waals surface area contributed by atoms with Crippen LogP contribution in [0.2, 0.25) is 5.15 Å². The minimum absolute atomic E-state index is 0.467. The Balaban J connectivity index is 2.23. The van der Waals surface area contributed by atoms with Crippen molar-refractivity contribution in [1.82, 2.24) is 9.97 Å². The topological polar surface area (TPSA) is 29.0 Å². The lowest BCUT2D eigenvalue weighted by molar-refractivity contribution is 0.544. The third-order valence-electron chi connectivity index (χ3n) is 3.03. The van der Waals surface area contributed by atoms with E-state index in [9.17, 15) is 0 Å². The summed E-state index contributed by atoms with van der Waals surface area (Å²) in [6, 6.07) is 0.530. The van der Waals surface area contributed by atoms with E-state index in [2.05, 4.69) is 28.7 Å². The average molecular weight is 212 g/mol. The van der Waals surface area contributed by atoms with Crippen molar-refractivity contribution in [2.24, 2.45) is 5.92 Å². The molecule has 2 atom stereocenters. The predicted molar refractivity (Wildman–Crippen MR) is 57.6 cm³/mol. The van der Waals surface area contributed by atoms with E-state index in [-0.39, 0.29) is 0 Å². The first kappa shape index (κ1) is 9.71. The van der Waals surface area contributed by atoms with Gasteiger partial charge in [0.1, 0.15) is 11.0 Å². The Bertz CT molecular complexity index is 329. The molecule has 1 aliphatic heterocycles. The fourth-order valence-electron chi connectivity index (χ4n) is 1.89. The number of aromatic nitrogens is 2. The summed E-state index contributed by atoms with van der Waals surface area (Å²) in [7, 11) is 0. The van der Waals surface area contributed by atoms with E-state index in [1.807, 2.05) is 0 Å². The maximum absolute atomic E-state index is 5.81. The molecule has 0 saturated carbocycles. The molecule has 2 unspecified atom stereocenters. The highest BCUT2D eigenvalue weighted by atomic mass is 35.5. The first-order chi connectivity index (χ1) is 6.68. The molecule has 3 nitrogen and oxygen atoms in total. The monoisotopic (exact) mass is 211 g/mol. The molecule has 1 aliphatic rings. The van der Waals surface area contributed by atoms with Crippen LogP contribution in [-0.4, -0.2) is 22.6 Å². The van der Waals surface area contributed by atoms with Crippen LogP contribution >= 0.6 is 11.6 Å². The Hall–Kier alpha value is -0.830. The van der Waals surface area contributed by atoms with Gasteiger partial charge in [-0.05, 0) is 19.3 Å². The van der Waals surface area contributed by atoms with Gasteiger partial charge in [0.25, 0.3) is 0 Å². The van der Waals surface area contributed by atoms with Crippen molar-refractivity contribution in [3.8, 4) is 0 Å². The van der Waals surface area contributed by atoms with Gasteiger partial charge in [-0.15, -0.1) is 0 Å². The molecule has 2 heterocycles. The van der Waals surface area contributed by atoms with E-state index < -0.39 is 0 Å². The first-order valence-electron chi connectivity index (χ1n) is 4.92. The molecular formula is C10H14ClN3. The molecule has 1 aromatic rings. The quantitative estimate of drug-likeness (QED) is 0.714. The lowest BCUT2D eigenvalue weighted by Gasteiger charge is -2.23. The van der Waals surface area contributed by atoms with E-state index in [4.69, 9.17) is 11.6 Å². The number of anilines is 1. The van der Waals surface area contributed by atoms with E-state index >= 15 is 0 Å². The van der Waals surface area contributed by atoms with Crippen LogP contribution in [0.15, 0.2) is 12.4 Å². The van der Waals surface area contributed by atoms with Crippen LogP contribution in [0.25, 0.3) is 0 Å². The number of rotatable bonds is 1. The Labute approximate surface area is 89.1 Å². The summed E-state index contributed by atoms with van der Waals surface area (Å²) in [6.45, 7) is 5.54. The third-order valence-corrected chi connectivity index (χ3v) is 3.21. The predicted octanol–water partition coefficient (Wildman–Crippen LogP) is 2.36. The zero-order valence-corrected chi connectivity index (χ0v) is 9.20. The largest absolute Gasteiger partial charge is 0.352 e. The van der Waals surface area contributed by atoms with Crippen molar-refractivity contribution >= 4 is 17.4 Å². The SMILES string of the molecule is CC1CCN(c2cncc(Cl)n2)C1C. The van der Waals surface area contributed by atoms with Crippen molar-refractivity contribution in [2.75, 3.05) is 11.4 Å². The van der Waals surface area contributed by atoms with Crippen LogP contribution < -0.4 is 4.90 Å². The lowest BCUT2D eigenvalue weighted by Crippen LogP contribution is -2.29. The van der Waals surface area contributed by atoms with E-state index in [0.717, 1.165) is 18.3 Å². The second-order valence-electron chi connectivity index (χ2n) is 3.90. The van der Waals surface area contributed by atoms with Crippen molar-refractivity contribution in [1.29, 1.82) is 0 Å². The molecule has 0 aromatic carbocycles. The molecule has 0 bridgehead atoms. The van der Waals surface area contributed by atoms with Crippen molar-refractivity contribution in [2.45, 2.75) is 26.3 Å². The molecule has 0 radical (unpaired) electrons. The summed E-state index contributed by atoms with van der Waals surface area (Å²) in [5.74, 6) is 1.62. The molecule has 76 valence electrons. The highest BCUT2D eigenvalue weighted by Gasteiger charge is 2.28. The van der Waals surface area contributed by atoms with Gasteiger partial charge in [0, 0.05) is 12.6 Å².